The van der Waals surface area contributed by atoms with Crippen LogP contribution in [0.15, 0.2) is 24.3 Å². The van der Waals surface area contributed by atoms with E-state index in [1.807, 2.05) is 0 Å². The smallest absolute Gasteiger partial charge is 0.307 e. The fraction of sp³-hybridized carbons (Fsp3) is 0.333. The standard InChI is InChI=1S/C12H14O5/c1-17-10-4-2-3-8(6-10)5-9(12(15)16)7-11(13)14/h2-4,6,9H,5,7H2,1H3,(H,13,14)(H,15,16)/t9-/m0/s1. The zero-order valence-corrected chi connectivity index (χ0v) is 9.42. The lowest BCUT2D eigenvalue weighted by molar-refractivity contribution is -0.148. The van der Waals surface area contributed by atoms with Gasteiger partial charge in [-0.05, 0) is 24.1 Å². The minimum atomic E-state index is -1.11. The zero-order chi connectivity index (χ0) is 12.8. The van der Waals surface area contributed by atoms with Crippen molar-refractivity contribution in [1.82, 2.24) is 0 Å². The lowest BCUT2D eigenvalue weighted by atomic mass is 9.96. The van der Waals surface area contributed by atoms with Crippen LogP contribution in [0.4, 0.5) is 0 Å². The molecule has 5 heteroatoms. The highest BCUT2D eigenvalue weighted by molar-refractivity contribution is 5.78. The van der Waals surface area contributed by atoms with Crippen LogP contribution in [0.2, 0.25) is 0 Å². The van der Waals surface area contributed by atoms with Gasteiger partial charge in [-0.1, -0.05) is 12.1 Å². The zero-order valence-electron chi connectivity index (χ0n) is 9.42. The van der Waals surface area contributed by atoms with Gasteiger partial charge in [0.15, 0.2) is 0 Å². The first-order valence-electron chi connectivity index (χ1n) is 5.10. The predicted molar refractivity (Wildman–Crippen MR) is 60.1 cm³/mol. The summed E-state index contributed by atoms with van der Waals surface area (Å²) in [6.07, 6.45) is -0.203. The van der Waals surface area contributed by atoms with Crippen molar-refractivity contribution in [3.05, 3.63) is 29.8 Å². The molecule has 17 heavy (non-hydrogen) atoms. The Morgan fingerprint density at radius 1 is 1.35 bits per heavy atom. The van der Waals surface area contributed by atoms with Gasteiger partial charge in [-0.2, -0.15) is 0 Å². The number of rotatable bonds is 6. The number of hydrogen-bond acceptors (Lipinski definition) is 3. The van der Waals surface area contributed by atoms with Crippen LogP contribution in [0.5, 0.6) is 5.75 Å². The molecule has 2 N–H and O–H groups in total. The molecule has 0 unspecified atom stereocenters. The van der Waals surface area contributed by atoms with Crippen LogP contribution in [0, 0.1) is 5.92 Å². The lowest BCUT2D eigenvalue weighted by Gasteiger charge is -2.10. The van der Waals surface area contributed by atoms with E-state index < -0.39 is 17.9 Å². The molecule has 0 fully saturated rings. The van der Waals surface area contributed by atoms with Crippen LogP contribution in [0.1, 0.15) is 12.0 Å². The van der Waals surface area contributed by atoms with Gasteiger partial charge in [-0.15, -0.1) is 0 Å². The molecule has 0 bridgehead atoms. The molecular formula is C12H14O5. The summed E-state index contributed by atoms with van der Waals surface area (Å²) in [5.74, 6) is -2.50. The molecule has 0 saturated carbocycles. The van der Waals surface area contributed by atoms with E-state index in [1.165, 1.54) is 7.11 Å². The lowest BCUT2D eigenvalue weighted by Crippen LogP contribution is -2.20. The molecular weight excluding hydrogens is 224 g/mol. The SMILES string of the molecule is COc1cccc(C[C@@H](CC(=O)O)C(=O)O)c1. The van der Waals surface area contributed by atoms with Gasteiger partial charge < -0.3 is 14.9 Å². The van der Waals surface area contributed by atoms with Gasteiger partial charge in [0.1, 0.15) is 5.75 Å². The first-order valence-corrected chi connectivity index (χ1v) is 5.10. The molecule has 0 spiro atoms. The Labute approximate surface area is 98.6 Å². The first-order chi connectivity index (χ1) is 8.02. The average molecular weight is 238 g/mol. The second kappa shape index (κ2) is 5.89. The predicted octanol–water partition coefficient (Wildman–Crippen LogP) is 1.41. The van der Waals surface area contributed by atoms with E-state index in [-0.39, 0.29) is 12.8 Å². The van der Waals surface area contributed by atoms with Crippen molar-refractivity contribution >= 4 is 11.9 Å². The fourth-order valence-corrected chi connectivity index (χ4v) is 1.54. The second-order valence-corrected chi connectivity index (χ2v) is 3.69. The molecule has 0 radical (unpaired) electrons. The van der Waals surface area contributed by atoms with Crippen LogP contribution < -0.4 is 4.74 Å². The molecule has 0 aromatic heterocycles. The Morgan fingerprint density at radius 3 is 2.59 bits per heavy atom. The highest BCUT2D eigenvalue weighted by Gasteiger charge is 2.21. The number of hydrogen-bond donors (Lipinski definition) is 2. The molecule has 0 heterocycles. The summed E-state index contributed by atoms with van der Waals surface area (Å²) in [5, 5.41) is 17.5. The molecule has 1 aromatic rings. The van der Waals surface area contributed by atoms with Crippen molar-refractivity contribution in [2.24, 2.45) is 5.92 Å². The van der Waals surface area contributed by atoms with E-state index in [0.29, 0.717) is 5.75 Å². The number of carboxylic acid groups (broad SMARTS) is 2. The Kier molecular flexibility index (Phi) is 4.51. The molecule has 5 nitrogen and oxygen atoms in total. The summed E-state index contributed by atoms with van der Waals surface area (Å²) in [5.41, 5.74) is 0.748. The average Bonchev–Trinajstić information content (AvgIpc) is 2.27. The van der Waals surface area contributed by atoms with Gasteiger partial charge >= 0.3 is 11.9 Å². The number of ether oxygens (including phenoxy) is 1. The topological polar surface area (TPSA) is 83.8 Å². The highest BCUT2D eigenvalue weighted by atomic mass is 16.5. The normalized spacial score (nSPS) is 11.8. The van der Waals surface area contributed by atoms with Gasteiger partial charge in [-0.3, -0.25) is 9.59 Å². The molecule has 92 valence electrons. The third kappa shape index (κ3) is 4.14. The summed E-state index contributed by atoms with van der Waals surface area (Å²) in [6, 6.07) is 6.95. The summed E-state index contributed by atoms with van der Waals surface area (Å²) >= 11 is 0. The molecule has 1 atom stereocenters. The van der Waals surface area contributed by atoms with E-state index in [2.05, 4.69) is 0 Å². The van der Waals surface area contributed by atoms with E-state index in [9.17, 15) is 9.59 Å². The van der Waals surface area contributed by atoms with Crippen molar-refractivity contribution < 1.29 is 24.5 Å². The quantitative estimate of drug-likeness (QED) is 0.782. The maximum Gasteiger partial charge on any atom is 0.307 e. The van der Waals surface area contributed by atoms with Crippen LogP contribution in [0.3, 0.4) is 0 Å². The number of carbonyl (C=O) groups is 2. The van der Waals surface area contributed by atoms with E-state index in [0.717, 1.165) is 5.56 Å². The van der Waals surface area contributed by atoms with Crippen molar-refractivity contribution in [3.8, 4) is 5.75 Å². The van der Waals surface area contributed by atoms with Crippen LogP contribution in [-0.4, -0.2) is 29.3 Å². The van der Waals surface area contributed by atoms with Crippen LogP contribution >= 0.6 is 0 Å². The van der Waals surface area contributed by atoms with Crippen molar-refractivity contribution in [2.45, 2.75) is 12.8 Å². The largest absolute Gasteiger partial charge is 0.497 e. The van der Waals surface area contributed by atoms with Gasteiger partial charge in [0.2, 0.25) is 0 Å². The summed E-state index contributed by atoms with van der Waals surface area (Å²) in [6.45, 7) is 0. The van der Waals surface area contributed by atoms with Gasteiger partial charge in [0, 0.05) is 0 Å². The number of aliphatic carboxylic acids is 2. The Hall–Kier alpha value is -2.04. The molecule has 0 amide bonds. The van der Waals surface area contributed by atoms with E-state index in [4.69, 9.17) is 14.9 Å². The maximum atomic E-state index is 10.9. The molecule has 1 aromatic carbocycles. The molecule has 1 rings (SSSR count). The summed E-state index contributed by atoms with van der Waals surface area (Å²) < 4.78 is 5.01. The van der Waals surface area contributed by atoms with Crippen LogP contribution in [-0.2, 0) is 16.0 Å². The second-order valence-electron chi connectivity index (χ2n) is 3.69. The fourth-order valence-electron chi connectivity index (χ4n) is 1.54. The Morgan fingerprint density at radius 2 is 2.06 bits per heavy atom. The summed E-state index contributed by atoms with van der Waals surface area (Å²) in [7, 11) is 1.52. The Bertz CT molecular complexity index is 413. The first kappa shape index (κ1) is 13.0. The minimum Gasteiger partial charge on any atom is -0.497 e. The maximum absolute atomic E-state index is 10.9. The highest BCUT2D eigenvalue weighted by Crippen LogP contribution is 2.18. The number of carboxylic acids is 2. The molecule has 0 aliphatic heterocycles. The van der Waals surface area contributed by atoms with Crippen molar-refractivity contribution in [3.63, 3.8) is 0 Å². The van der Waals surface area contributed by atoms with Crippen LogP contribution in [0.25, 0.3) is 0 Å². The Balaban J connectivity index is 2.78. The third-order valence-electron chi connectivity index (χ3n) is 2.39. The number of benzene rings is 1. The van der Waals surface area contributed by atoms with Gasteiger partial charge in [-0.25, -0.2) is 0 Å². The molecule has 0 aliphatic rings. The van der Waals surface area contributed by atoms with E-state index >= 15 is 0 Å². The molecule has 0 aliphatic carbocycles. The molecule has 0 saturated heterocycles. The number of methoxy groups -OCH3 is 1. The third-order valence-corrected chi connectivity index (χ3v) is 2.39. The van der Waals surface area contributed by atoms with Crippen molar-refractivity contribution in [1.29, 1.82) is 0 Å². The van der Waals surface area contributed by atoms with Crippen molar-refractivity contribution in [2.75, 3.05) is 7.11 Å². The van der Waals surface area contributed by atoms with Gasteiger partial charge in [0.25, 0.3) is 0 Å². The summed E-state index contributed by atoms with van der Waals surface area (Å²) in [4.78, 5) is 21.4. The van der Waals surface area contributed by atoms with Gasteiger partial charge in [0.05, 0.1) is 19.4 Å². The minimum absolute atomic E-state index is 0.179. The monoisotopic (exact) mass is 238 g/mol. The van der Waals surface area contributed by atoms with E-state index in [1.54, 1.807) is 24.3 Å².